The fourth-order valence-corrected chi connectivity index (χ4v) is 4.44. The third-order valence-corrected chi connectivity index (χ3v) is 5.80. The van der Waals surface area contributed by atoms with E-state index in [0.717, 1.165) is 27.8 Å². The highest BCUT2D eigenvalue weighted by molar-refractivity contribution is 7.14. The van der Waals surface area contributed by atoms with Gasteiger partial charge in [0.1, 0.15) is 5.69 Å². The number of anilines is 1. The van der Waals surface area contributed by atoms with Crippen molar-refractivity contribution in [2.24, 2.45) is 0 Å². The van der Waals surface area contributed by atoms with Crippen LogP contribution in [-0.4, -0.2) is 21.6 Å². The Hall–Kier alpha value is -3.45. The first-order chi connectivity index (χ1) is 14.9. The molecule has 0 bridgehead atoms. The lowest BCUT2D eigenvalue weighted by molar-refractivity contribution is -0.143. The van der Waals surface area contributed by atoms with Crippen molar-refractivity contribution < 1.29 is 14.4 Å². The summed E-state index contributed by atoms with van der Waals surface area (Å²) in [6.07, 6.45) is 0.207. The maximum Gasteiger partial charge on any atom is 0.332 e. The fraction of sp³-hybridized carbons (Fsp3) is 0.208. The zero-order valence-corrected chi connectivity index (χ0v) is 18.7. The van der Waals surface area contributed by atoms with Crippen LogP contribution in [0.5, 0.6) is 0 Å². The number of hydrogen-bond donors (Lipinski definition) is 1. The van der Waals surface area contributed by atoms with E-state index in [1.54, 1.807) is 19.1 Å². The summed E-state index contributed by atoms with van der Waals surface area (Å²) in [7, 11) is 0. The summed E-state index contributed by atoms with van der Waals surface area (Å²) in [6.45, 7) is 7.90. The number of thiazole rings is 1. The van der Waals surface area contributed by atoms with E-state index in [-0.39, 0.29) is 12.1 Å². The van der Waals surface area contributed by atoms with Gasteiger partial charge in [-0.3, -0.25) is 10.1 Å². The van der Waals surface area contributed by atoms with Gasteiger partial charge in [0.2, 0.25) is 0 Å². The minimum atomic E-state index is -0.419. The monoisotopic (exact) mass is 433 g/mol. The molecule has 0 aliphatic rings. The first kappa shape index (κ1) is 20.8. The molecule has 31 heavy (non-hydrogen) atoms. The molecule has 0 aliphatic carbocycles. The average Bonchev–Trinajstić information content (AvgIpc) is 3.32. The number of para-hydroxylation sites is 1. The molecule has 0 unspecified atom stereocenters. The molecule has 0 radical (unpaired) electrons. The van der Waals surface area contributed by atoms with E-state index in [1.807, 2.05) is 23.6 Å². The second-order valence-electron chi connectivity index (χ2n) is 7.47. The summed E-state index contributed by atoms with van der Waals surface area (Å²) in [5.74, 6) is -0.810. The number of carbonyl (C=O) groups is 2. The van der Waals surface area contributed by atoms with Gasteiger partial charge in [0.15, 0.2) is 5.13 Å². The van der Waals surface area contributed by atoms with E-state index in [1.165, 1.54) is 21.6 Å². The molecule has 0 atom stereocenters. The Morgan fingerprint density at radius 3 is 2.52 bits per heavy atom. The van der Waals surface area contributed by atoms with Gasteiger partial charge in [0.25, 0.3) is 5.91 Å². The molecule has 4 aromatic rings. The number of carbonyl (C=O) groups excluding carboxylic acids is 2. The summed E-state index contributed by atoms with van der Waals surface area (Å²) >= 11 is 1.36. The van der Waals surface area contributed by atoms with Gasteiger partial charge < -0.3 is 4.84 Å². The molecule has 6 nitrogen and oxygen atoms in total. The average molecular weight is 434 g/mol. The van der Waals surface area contributed by atoms with Crippen LogP contribution in [0.15, 0.2) is 47.8 Å². The number of rotatable bonds is 5. The summed E-state index contributed by atoms with van der Waals surface area (Å²) in [5, 5.41) is 6.08. The number of fused-ring (bicyclic) bond motifs is 1. The quantitative estimate of drug-likeness (QED) is 0.463. The van der Waals surface area contributed by atoms with Crippen molar-refractivity contribution in [1.82, 2.24) is 9.71 Å². The van der Waals surface area contributed by atoms with Gasteiger partial charge in [-0.05, 0) is 44.0 Å². The van der Waals surface area contributed by atoms with Crippen LogP contribution >= 0.6 is 11.3 Å². The summed E-state index contributed by atoms with van der Waals surface area (Å²) in [4.78, 5) is 35.0. The molecule has 1 N–H and O–H groups in total. The molecule has 0 saturated carbocycles. The van der Waals surface area contributed by atoms with Crippen LogP contribution in [0.3, 0.4) is 0 Å². The van der Waals surface area contributed by atoms with Crippen molar-refractivity contribution in [3.63, 3.8) is 0 Å². The van der Waals surface area contributed by atoms with Gasteiger partial charge in [-0.2, -0.15) is 4.73 Å². The first-order valence-corrected chi connectivity index (χ1v) is 10.9. The van der Waals surface area contributed by atoms with Crippen molar-refractivity contribution in [3.8, 4) is 11.3 Å². The minimum absolute atomic E-state index is 0.207. The molecule has 7 heteroatoms. The van der Waals surface area contributed by atoms with Crippen LogP contribution in [0.2, 0.25) is 0 Å². The van der Waals surface area contributed by atoms with Crippen molar-refractivity contribution in [1.29, 1.82) is 0 Å². The predicted octanol–water partition coefficient (Wildman–Crippen LogP) is 5.31. The third-order valence-electron chi connectivity index (χ3n) is 5.04. The molecule has 1 amide bonds. The van der Waals surface area contributed by atoms with Crippen LogP contribution < -0.4 is 10.2 Å². The van der Waals surface area contributed by atoms with Gasteiger partial charge in [0, 0.05) is 22.8 Å². The zero-order valence-electron chi connectivity index (χ0n) is 17.9. The summed E-state index contributed by atoms with van der Waals surface area (Å²) in [5.41, 5.74) is 6.29. The summed E-state index contributed by atoms with van der Waals surface area (Å²) < 4.78 is 1.29. The molecule has 2 aromatic heterocycles. The molecule has 2 aromatic carbocycles. The van der Waals surface area contributed by atoms with Gasteiger partial charge in [-0.15, -0.1) is 11.3 Å². The van der Waals surface area contributed by atoms with Crippen molar-refractivity contribution in [2.45, 2.75) is 34.1 Å². The third kappa shape index (κ3) is 4.09. The lowest BCUT2D eigenvalue weighted by Gasteiger charge is -2.10. The molecule has 158 valence electrons. The van der Waals surface area contributed by atoms with E-state index in [9.17, 15) is 9.59 Å². The van der Waals surface area contributed by atoms with Crippen LogP contribution in [0, 0.1) is 20.8 Å². The number of aryl methyl sites for hydroxylation is 3. The van der Waals surface area contributed by atoms with Crippen LogP contribution in [0.4, 0.5) is 5.13 Å². The lowest BCUT2D eigenvalue weighted by Crippen LogP contribution is -2.25. The SMILES string of the molecule is CCC(=O)On1c(C(=O)Nc2nc(-c3c(C)cc(C)cc3C)cs2)cc2ccccc21. The Labute approximate surface area is 184 Å². The number of nitrogens with one attached hydrogen (secondary N) is 1. The molecular weight excluding hydrogens is 410 g/mol. The number of hydrogen-bond acceptors (Lipinski definition) is 5. The van der Waals surface area contributed by atoms with Crippen molar-refractivity contribution in [3.05, 3.63) is 70.2 Å². The van der Waals surface area contributed by atoms with E-state index >= 15 is 0 Å². The highest BCUT2D eigenvalue weighted by Gasteiger charge is 2.20. The maximum atomic E-state index is 13.0. The van der Waals surface area contributed by atoms with Gasteiger partial charge >= 0.3 is 5.97 Å². The minimum Gasteiger partial charge on any atom is -0.336 e. The Morgan fingerprint density at radius 2 is 1.81 bits per heavy atom. The Kier molecular flexibility index (Phi) is 5.61. The Balaban J connectivity index is 1.65. The number of aromatic nitrogens is 2. The molecule has 0 fully saturated rings. The Bertz CT molecular complexity index is 1280. The molecule has 2 heterocycles. The van der Waals surface area contributed by atoms with Gasteiger partial charge in [-0.25, -0.2) is 9.78 Å². The van der Waals surface area contributed by atoms with Gasteiger partial charge in [-0.1, -0.05) is 42.8 Å². The highest BCUT2D eigenvalue weighted by atomic mass is 32.1. The van der Waals surface area contributed by atoms with Crippen LogP contribution in [-0.2, 0) is 4.79 Å². The van der Waals surface area contributed by atoms with Crippen LogP contribution in [0.25, 0.3) is 22.2 Å². The predicted molar refractivity (Wildman–Crippen MR) is 124 cm³/mol. The largest absolute Gasteiger partial charge is 0.336 e. The van der Waals surface area contributed by atoms with E-state index in [0.29, 0.717) is 10.6 Å². The normalized spacial score (nSPS) is 11.0. The maximum absolute atomic E-state index is 13.0. The van der Waals surface area contributed by atoms with E-state index in [2.05, 4.69) is 43.2 Å². The van der Waals surface area contributed by atoms with Crippen molar-refractivity contribution >= 4 is 39.2 Å². The van der Waals surface area contributed by atoms with Gasteiger partial charge in [0.05, 0.1) is 11.2 Å². The smallest absolute Gasteiger partial charge is 0.332 e. The molecule has 0 spiro atoms. The topological polar surface area (TPSA) is 73.2 Å². The number of benzene rings is 2. The summed E-state index contributed by atoms with van der Waals surface area (Å²) in [6, 6.07) is 13.3. The molecule has 0 aliphatic heterocycles. The first-order valence-electron chi connectivity index (χ1n) is 10.0. The molecule has 0 saturated heterocycles. The highest BCUT2D eigenvalue weighted by Crippen LogP contribution is 2.31. The van der Waals surface area contributed by atoms with Crippen molar-refractivity contribution in [2.75, 3.05) is 5.32 Å². The number of amides is 1. The van der Waals surface area contributed by atoms with E-state index < -0.39 is 11.9 Å². The standard InChI is InChI=1S/C24H23N3O3S/c1-5-21(28)30-27-19-9-7-6-8-17(19)12-20(27)23(29)26-24-25-18(13-31-24)22-15(3)10-14(2)11-16(22)4/h6-13H,5H2,1-4H3,(H,25,26,29). The second-order valence-corrected chi connectivity index (χ2v) is 8.32. The Morgan fingerprint density at radius 1 is 1.10 bits per heavy atom. The zero-order chi connectivity index (χ0) is 22.1. The second kappa shape index (κ2) is 8.35. The molecular formula is C24H23N3O3S. The number of nitrogens with zero attached hydrogens (tertiary/aromatic N) is 2. The van der Waals surface area contributed by atoms with E-state index in [4.69, 9.17) is 4.84 Å². The fourth-order valence-electron chi connectivity index (χ4n) is 3.74. The van der Waals surface area contributed by atoms with Crippen LogP contribution in [0.1, 0.15) is 40.5 Å². The lowest BCUT2D eigenvalue weighted by atomic mass is 9.98. The molecule has 4 rings (SSSR count).